The van der Waals surface area contributed by atoms with Crippen LogP contribution in [0.4, 0.5) is 0 Å². The Hall–Kier alpha value is -2.48. The van der Waals surface area contributed by atoms with Crippen LogP contribution in [0.15, 0.2) is 29.1 Å². The minimum atomic E-state index is -0.174. The molecule has 0 unspecified atom stereocenters. The molecule has 0 saturated carbocycles. The minimum Gasteiger partial charge on any atom is -0.469 e. The number of carbonyl (C=O) groups excluding carboxylic acids is 1. The standard InChI is InChI=1S/C19H26N4O3S/c1-3-23(19(27)20-12-8-4-5-11-17(24)26-2)13-16-21-15-10-7-6-9-14(15)18(25)22-16/h6-7,9-10H,3-5,8,11-13H2,1-2H3,(H,20,27)(H,21,22,25). The summed E-state index contributed by atoms with van der Waals surface area (Å²) in [7, 11) is 1.40. The number of carbonyl (C=O) groups is 1. The first kappa shape index (κ1) is 20.8. The lowest BCUT2D eigenvalue weighted by atomic mass is 10.2. The van der Waals surface area contributed by atoms with Crippen LogP contribution in [0.1, 0.15) is 38.4 Å². The largest absolute Gasteiger partial charge is 0.469 e. The van der Waals surface area contributed by atoms with Crippen molar-refractivity contribution < 1.29 is 9.53 Å². The smallest absolute Gasteiger partial charge is 0.305 e. The average molecular weight is 391 g/mol. The summed E-state index contributed by atoms with van der Waals surface area (Å²) in [5.74, 6) is 0.412. The van der Waals surface area contributed by atoms with E-state index in [-0.39, 0.29) is 11.5 Å². The SMILES string of the molecule is CCN(Cc1nc2ccccc2c(=O)[nH]1)C(=S)NCCCCCC(=O)OC. The lowest BCUT2D eigenvalue weighted by molar-refractivity contribution is -0.140. The van der Waals surface area contributed by atoms with Gasteiger partial charge in [-0.2, -0.15) is 0 Å². The number of methoxy groups -OCH3 is 1. The molecule has 0 aliphatic heterocycles. The van der Waals surface area contributed by atoms with Gasteiger partial charge in [0.05, 0.1) is 24.6 Å². The molecule has 0 aliphatic rings. The third kappa shape index (κ3) is 6.32. The molecule has 2 aromatic rings. The van der Waals surface area contributed by atoms with E-state index in [0.29, 0.717) is 41.4 Å². The van der Waals surface area contributed by atoms with Crippen LogP contribution in [0.5, 0.6) is 0 Å². The van der Waals surface area contributed by atoms with Gasteiger partial charge in [-0.3, -0.25) is 9.59 Å². The molecule has 0 bridgehead atoms. The van der Waals surface area contributed by atoms with Gasteiger partial charge in [0.2, 0.25) is 0 Å². The van der Waals surface area contributed by atoms with Gasteiger partial charge in [-0.25, -0.2) is 4.98 Å². The summed E-state index contributed by atoms with van der Waals surface area (Å²) in [5.41, 5.74) is 0.535. The summed E-state index contributed by atoms with van der Waals surface area (Å²) in [6.07, 6.45) is 3.10. The first-order chi connectivity index (χ1) is 13.0. The molecule has 1 aromatic heterocycles. The van der Waals surface area contributed by atoms with Gasteiger partial charge in [0.25, 0.3) is 5.56 Å². The number of H-pyrrole nitrogens is 1. The lowest BCUT2D eigenvalue weighted by Gasteiger charge is -2.24. The van der Waals surface area contributed by atoms with Crippen molar-refractivity contribution in [1.29, 1.82) is 0 Å². The minimum absolute atomic E-state index is 0.142. The number of ether oxygens (including phenoxy) is 1. The molecule has 7 nitrogen and oxygen atoms in total. The van der Waals surface area contributed by atoms with Gasteiger partial charge in [0, 0.05) is 19.5 Å². The zero-order valence-corrected chi connectivity index (χ0v) is 16.6. The number of aromatic nitrogens is 2. The zero-order chi connectivity index (χ0) is 19.6. The van der Waals surface area contributed by atoms with Crippen LogP contribution >= 0.6 is 12.2 Å². The van der Waals surface area contributed by atoms with E-state index < -0.39 is 0 Å². The highest BCUT2D eigenvalue weighted by molar-refractivity contribution is 7.80. The molecule has 0 atom stereocenters. The fourth-order valence-electron chi connectivity index (χ4n) is 2.70. The number of hydrogen-bond acceptors (Lipinski definition) is 5. The highest BCUT2D eigenvalue weighted by Crippen LogP contribution is 2.07. The monoisotopic (exact) mass is 390 g/mol. The van der Waals surface area contributed by atoms with Crippen molar-refractivity contribution in [2.75, 3.05) is 20.2 Å². The predicted octanol–water partition coefficient (Wildman–Crippen LogP) is 2.35. The Balaban J connectivity index is 1.85. The summed E-state index contributed by atoms with van der Waals surface area (Å²) >= 11 is 5.46. The number of hydrogen-bond donors (Lipinski definition) is 2. The molecular weight excluding hydrogens is 364 g/mol. The van der Waals surface area contributed by atoms with Crippen molar-refractivity contribution in [3.63, 3.8) is 0 Å². The van der Waals surface area contributed by atoms with Gasteiger partial charge >= 0.3 is 5.97 Å². The number of rotatable bonds is 9. The summed E-state index contributed by atoms with van der Waals surface area (Å²) in [6, 6.07) is 7.27. The number of unbranched alkanes of at least 4 members (excludes halogenated alkanes) is 2. The van der Waals surface area contributed by atoms with Gasteiger partial charge in [-0.15, -0.1) is 0 Å². The highest BCUT2D eigenvalue weighted by atomic mass is 32.1. The first-order valence-corrected chi connectivity index (χ1v) is 9.53. The number of thiocarbonyl (C=S) groups is 1. The molecule has 0 radical (unpaired) electrons. The molecule has 146 valence electrons. The molecule has 27 heavy (non-hydrogen) atoms. The van der Waals surface area contributed by atoms with Crippen LogP contribution in [0, 0.1) is 0 Å². The fraction of sp³-hybridized carbons (Fsp3) is 0.474. The maximum atomic E-state index is 12.2. The highest BCUT2D eigenvalue weighted by Gasteiger charge is 2.11. The molecule has 1 heterocycles. The average Bonchev–Trinajstić information content (AvgIpc) is 2.68. The topological polar surface area (TPSA) is 87.3 Å². The van der Waals surface area contributed by atoms with Crippen LogP contribution in [0.25, 0.3) is 10.9 Å². The predicted molar refractivity (Wildman–Crippen MR) is 110 cm³/mol. The van der Waals surface area contributed by atoms with E-state index in [1.165, 1.54) is 7.11 Å². The second-order valence-electron chi connectivity index (χ2n) is 6.16. The van der Waals surface area contributed by atoms with E-state index in [9.17, 15) is 9.59 Å². The molecule has 2 rings (SSSR count). The summed E-state index contributed by atoms with van der Waals surface area (Å²) < 4.78 is 4.62. The Labute approximate surface area is 164 Å². The molecular formula is C19H26N4O3S. The van der Waals surface area contributed by atoms with Crippen LogP contribution in [0.3, 0.4) is 0 Å². The lowest BCUT2D eigenvalue weighted by Crippen LogP contribution is -2.40. The maximum Gasteiger partial charge on any atom is 0.305 e. The molecule has 0 fully saturated rings. The van der Waals surface area contributed by atoms with Gasteiger partial charge in [-0.05, 0) is 44.1 Å². The molecule has 0 spiro atoms. The van der Waals surface area contributed by atoms with E-state index in [4.69, 9.17) is 12.2 Å². The van der Waals surface area contributed by atoms with Crippen LogP contribution < -0.4 is 10.9 Å². The molecule has 0 aliphatic carbocycles. The van der Waals surface area contributed by atoms with E-state index in [1.807, 2.05) is 30.0 Å². The number of aromatic amines is 1. The van der Waals surface area contributed by atoms with Crippen LogP contribution in [-0.4, -0.2) is 46.1 Å². The molecule has 2 N–H and O–H groups in total. The Morgan fingerprint density at radius 3 is 2.81 bits per heavy atom. The molecule has 8 heteroatoms. The normalized spacial score (nSPS) is 10.6. The number of nitrogens with one attached hydrogen (secondary N) is 2. The van der Waals surface area contributed by atoms with Crippen LogP contribution in [-0.2, 0) is 16.1 Å². The maximum absolute atomic E-state index is 12.2. The Morgan fingerprint density at radius 2 is 2.07 bits per heavy atom. The van der Waals surface area contributed by atoms with Gasteiger partial charge < -0.3 is 19.9 Å². The van der Waals surface area contributed by atoms with Gasteiger partial charge in [0.15, 0.2) is 5.11 Å². The first-order valence-electron chi connectivity index (χ1n) is 9.12. The zero-order valence-electron chi connectivity index (χ0n) is 15.8. The van der Waals surface area contributed by atoms with Crippen molar-refractivity contribution in [2.24, 2.45) is 0 Å². The Morgan fingerprint density at radius 1 is 1.30 bits per heavy atom. The van der Waals surface area contributed by atoms with Crippen molar-refractivity contribution >= 4 is 34.2 Å². The van der Waals surface area contributed by atoms with E-state index in [1.54, 1.807) is 6.07 Å². The number of para-hydroxylation sites is 1. The number of nitrogens with zero attached hydrogens (tertiary/aromatic N) is 2. The van der Waals surface area contributed by atoms with Crippen molar-refractivity contribution in [2.45, 2.75) is 39.2 Å². The molecule has 0 amide bonds. The van der Waals surface area contributed by atoms with E-state index in [2.05, 4.69) is 20.0 Å². The number of fused-ring (bicyclic) bond motifs is 1. The van der Waals surface area contributed by atoms with Crippen molar-refractivity contribution in [3.8, 4) is 0 Å². The van der Waals surface area contributed by atoms with Gasteiger partial charge in [0.1, 0.15) is 5.82 Å². The number of esters is 1. The van der Waals surface area contributed by atoms with Crippen molar-refractivity contribution in [3.05, 3.63) is 40.4 Å². The van der Waals surface area contributed by atoms with Crippen LogP contribution in [0.2, 0.25) is 0 Å². The summed E-state index contributed by atoms with van der Waals surface area (Å²) in [6.45, 7) is 3.87. The third-order valence-electron chi connectivity index (χ3n) is 4.23. The quantitative estimate of drug-likeness (QED) is 0.386. The second kappa shape index (κ2) is 10.6. The Bertz CT molecular complexity index is 837. The van der Waals surface area contributed by atoms with Gasteiger partial charge in [-0.1, -0.05) is 18.6 Å². The molecule has 0 saturated heterocycles. The molecule has 1 aromatic carbocycles. The number of benzene rings is 1. The summed E-state index contributed by atoms with van der Waals surface area (Å²) in [5, 5.41) is 4.44. The second-order valence-corrected chi connectivity index (χ2v) is 6.55. The summed E-state index contributed by atoms with van der Waals surface area (Å²) in [4.78, 5) is 32.6. The Kier molecular flexibility index (Phi) is 8.19. The van der Waals surface area contributed by atoms with Crippen molar-refractivity contribution in [1.82, 2.24) is 20.2 Å². The van der Waals surface area contributed by atoms with E-state index in [0.717, 1.165) is 25.8 Å². The fourth-order valence-corrected chi connectivity index (χ4v) is 2.99. The van der Waals surface area contributed by atoms with E-state index >= 15 is 0 Å². The third-order valence-corrected chi connectivity index (χ3v) is 4.64.